The number of ether oxygens (including phenoxy) is 1. The summed E-state index contributed by atoms with van der Waals surface area (Å²) in [6, 6.07) is 4.26. The first-order valence-corrected chi connectivity index (χ1v) is 9.89. The average molecular weight is 362 g/mol. The van der Waals surface area contributed by atoms with E-state index >= 15 is 0 Å². The summed E-state index contributed by atoms with van der Waals surface area (Å²) in [6.07, 6.45) is 0. The highest BCUT2D eigenvalue weighted by molar-refractivity contribution is 7.18. The zero-order valence-corrected chi connectivity index (χ0v) is 15.5. The number of aromatic nitrogens is 2. The minimum atomic E-state index is 0.833. The molecule has 3 aromatic rings. The number of hydrogen-bond acceptors (Lipinski definition) is 6. The molecule has 0 aliphatic carbocycles. The summed E-state index contributed by atoms with van der Waals surface area (Å²) in [5.74, 6) is 1.95. The Labute approximate surface area is 149 Å². The summed E-state index contributed by atoms with van der Waals surface area (Å²) >= 11 is 3.48. The van der Waals surface area contributed by atoms with Gasteiger partial charge in [-0.2, -0.15) is 0 Å². The van der Waals surface area contributed by atoms with Crippen molar-refractivity contribution in [1.82, 2.24) is 9.97 Å². The molecule has 1 aliphatic heterocycles. The summed E-state index contributed by atoms with van der Waals surface area (Å²) in [7, 11) is 4.12. The van der Waals surface area contributed by atoms with Crippen LogP contribution in [0.4, 0.5) is 5.82 Å². The van der Waals surface area contributed by atoms with Crippen molar-refractivity contribution in [2.24, 2.45) is 0 Å². The van der Waals surface area contributed by atoms with Gasteiger partial charge in [0.1, 0.15) is 30.3 Å². The molecule has 5 nitrogen and oxygen atoms in total. The van der Waals surface area contributed by atoms with Gasteiger partial charge in [-0.1, -0.05) is 6.07 Å². The first kappa shape index (κ1) is 16.0. The first-order chi connectivity index (χ1) is 11.7. The summed E-state index contributed by atoms with van der Waals surface area (Å²) in [5.41, 5.74) is 1.25. The van der Waals surface area contributed by atoms with Crippen molar-refractivity contribution in [3.63, 3.8) is 0 Å². The van der Waals surface area contributed by atoms with E-state index < -0.39 is 0 Å². The average Bonchev–Trinajstić information content (AvgIpc) is 3.24. The quantitative estimate of drug-likeness (QED) is 0.771. The summed E-state index contributed by atoms with van der Waals surface area (Å²) < 4.78 is 5.45. The molecule has 1 fully saturated rings. The van der Waals surface area contributed by atoms with E-state index in [-0.39, 0.29) is 0 Å². The lowest BCUT2D eigenvalue weighted by atomic mass is 10.2. The number of anilines is 1. The summed E-state index contributed by atoms with van der Waals surface area (Å²) in [6.45, 7) is 4.60. The fourth-order valence-corrected chi connectivity index (χ4v) is 4.82. The summed E-state index contributed by atoms with van der Waals surface area (Å²) in [4.78, 5) is 15.7. The third-order valence-corrected chi connectivity index (χ3v) is 6.05. The zero-order chi connectivity index (χ0) is 16.5. The van der Waals surface area contributed by atoms with Crippen molar-refractivity contribution in [2.75, 3.05) is 45.3 Å². The third kappa shape index (κ3) is 3.04. The predicted octanol–water partition coefficient (Wildman–Crippen LogP) is 1.90. The van der Waals surface area contributed by atoms with Crippen molar-refractivity contribution in [3.8, 4) is 10.4 Å². The van der Waals surface area contributed by atoms with Gasteiger partial charge in [0.25, 0.3) is 0 Å². The largest absolute Gasteiger partial charge is 0.370 e. The van der Waals surface area contributed by atoms with E-state index in [0.717, 1.165) is 49.3 Å². The van der Waals surface area contributed by atoms with Crippen molar-refractivity contribution in [1.29, 1.82) is 0 Å². The molecular formula is C17H21N4OS2+. The maximum absolute atomic E-state index is 5.45. The maximum Gasteiger partial charge on any atom is 0.187 e. The topological polar surface area (TPSA) is 42.7 Å². The molecule has 1 aliphatic rings. The van der Waals surface area contributed by atoms with Gasteiger partial charge in [0.2, 0.25) is 0 Å². The molecule has 0 atom stereocenters. The summed E-state index contributed by atoms with van der Waals surface area (Å²) in [5, 5.41) is 5.50. The number of nitrogens with zero attached hydrogens (tertiary/aromatic N) is 3. The minimum Gasteiger partial charge on any atom is -0.370 e. The Bertz CT molecular complexity index is 823. The van der Waals surface area contributed by atoms with Crippen LogP contribution in [0.2, 0.25) is 0 Å². The molecule has 4 heterocycles. The molecule has 3 aromatic heterocycles. The van der Waals surface area contributed by atoms with Crippen molar-refractivity contribution >= 4 is 38.7 Å². The molecule has 1 saturated heterocycles. The molecule has 24 heavy (non-hydrogen) atoms. The number of thiophene rings is 2. The van der Waals surface area contributed by atoms with Crippen LogP contribution in [0.25, 0.3) is 20.7 Å². The Hall–Kier alpha value is -1.54. The Morgan fingerprint density at radius 3 is 2.75 bits per heavy atom. The van der Waals surface area contributed by atoms with Crippen LogP contribution < -0.4 is 9.80 Å². The molecule has 1 N–H and O–H groups in total. The van der Waals surface area contributed by atoms with Crippen molar-refractivity contribution in [3.05, 3.63) is 28.7 Å². The van der Waals surface area contributed by atoms with Crippen LogP contribution in [0.3, 0.4) is 0 Å². The van der Waals surface area contributed by atoms with Gasteiger partial charge in [0.15, 0.2) is 5.82 Å². The highest BCUT2D eigenvalue weighted by Gasteiger charge is 2.20. The second-order valence-electron chi connectivity index (χ2n) is 6.20. The molecular weight excluding hydrogens is 340 g/mol. The van der Waals surface area contributed by atoms with Crippen molar-refractivity contribution in [2.45, 2.75) is 6.54 Å². The lowest BCUT2D eigenvalue weighted by Gasteiger charge is -2.23. The fraction of sp³-hybridized carbons (Fsp3) is 0.412. The number of nitrogens with one attached hydrogen (secondary N) is 1. The van der Waals surface area contributed by atoms with Gasteiger partial charge in [-0.3, -0.25) is 0 Å². The van der Waals surface area contributed by atoms with E-state index in [0.29, 0.717) is 0 Å². The van der Waals surface area contributed by atoms with Crippen LogP contribution >= 0.6 is 22.7 Å². The smallest absolute Gasteiger partial charge is 0.187 e. The van der Waals surface area contributed by atoms with Crippen LogP contribution in [0, 0.1) is 0 Å². The fourth-order valence-electron chi connectivity index (χ4n) is 3.04. The van der Waals surface area contributed by atoms with Gasteiger partial charge in [-0.15, -0.1) is 22.7 Å². The Kier molecular flexibility index (Phi) is 4.49. The third-order valence-electron chi connectivity index (χ3n) is 4.28. The van der Waals surface area contributed by atoms with Gasteiger partial charge in [0.05, 0.1) is 18.6 Å². The van der Waals surface area contributed by atoms with E-state index in [1.807, 2.05) is 0 Å². The molecule has 0 unspecified atom stereocenters. The van der Waals surface area contributed by atoms with Crippen LogP contribution in [-0.2, 0) is 11.3 Å². The lowest BCUT2D eigenvalue weighted by Crippen LogP contribution is -3.12. The molecule has 4 rings (SSSR count). The van der Waals surface area contributed by atoms with Gasteiger partial charge < -0.3 is 14.5 Å². The van der Waals surface area contributed by atoms with Crippen LogP contribution in [0.5, 0.6) is 0 Å². The van der Waals surface area contributed by atoms with Gasteiger partial charge >= 0.3 is 0 Å². The number of rotatable bonds is 4. The zero-order valence-electron chi connectivity index (χ0n) is 13.9. The van der Waals surface area contributed by atoms with Gasteiger partial charge in [-0.05, 0) is 11.4 Å². The molecule has 0 saturated carbocycles. The molecule has 0 aromatic carbocycles. The van der Waals surface area contributed by atoms with Gasteiger partial charge in [-0.25, -0.2) is 9.97 Å². The molecule has 0 amide bonds. The van der Waals surface area contributed by atoms with Crippen molar-refractivity contribution < 1.29 is 9.64 Å². The molecule has 126 valence electrons. The number of morpholine rings is 1. The Morgan fingerprint density at radius 2 is 2.04 bits per heavy atom. The molecule has 7 heteroatoms. The maximum atomic E-state index is 5.45. The Morgan fingerprint density at radius 1 is 1.21 bits per heavy atom. The number of fused-ring (bicyclic) bond motifs is 1. The first-order valence-electron chi connectivity index (χ1n) is 8.13. The van der Waals surface area contributed by atoms with Crippen LogP contribution in [-0.4, -0.2) is 50.4 Å². The van der Waals surface area contributed by atoms with Gasteiger partial charge in [0, 0.05) is 29.9 Å². The highest BCUT2D eigenvalue weighted by atomic mass is 32.1. The monoisotopic (exact) mass is 361 g/mol. The number of quaternary nitrogens is 1. The SMILES string of the molecule is CN(C)c1nc(C[NH+]2CCOCC2)nc2scc(-c3cccs3)c12. The second kappa shape index (κ2) is 6.76. The molecule has 0 bridgehead atoms. The van der Waals surface area contributed by atoms with Crippen LogP contribution in [0.1, 0.15) is 5.82 Å². The van der Waals surface area contributed by atoms with E-state index in [9.17, 15) is 0 Å². The highest BCUT2D eigenvalue weighted by Crippen LogP contribution is 2.39. The second-order valence-corrected chi connectivity index (χ2v) is 8.01. The lowest BCUT2D eigenvalue weighted by molar-refractivity contribution is -0.922. The molecule has 0 spiro atoms. The van der Waals surface area contributed by atoms with E-state index in [1.54, 1.807) is 22.7 Å². The van der Waals surface area contributed by atoms with E-state index in [4.69, 9.17) is 14.7 Å². The number of hydrogen-bond donors (Lipinski definition) is 1. The van der Waals surface area contributed by atoms with E-state index in [2.05, 4.69) is 41.9 Å². The Balaban J connectivity index is 1.76. The van der Waals surface area contributed by atoms with E-state index in [1.165, 1.54) is 20.7 Å². The van der Waals surface area contributed by atoms with Crippen LogP contribution in [0.15, 0.2) is 22.9 Å². The normalized spacial score (nSPS) is 15.9. The predicted molar refractivity (Wildman–Crippen MR) is 100 cm³/mol. The molecule has 0 radical (unpaired) electrons. The standard InChI is InChI=1S/C17H20N4OS2/c1-20(2)16-15-12(13-4-3-9-23-13)11-24-17(15)19-14(18-16)10-21-5-7-22-8-6-21/h3-4,9,11H,5-8,10H2,1-2H3/p+1. The minimum absolute atomic E-state index is 0.833.